The number of aryl methyl sites for hydroxylation is 1. The van der Waals surface area contributed by atoms with Crippen molar-refractivity contribution in [2.45, 2.75) is 43.9 Å². The summed E-state index contributed by atoms with van der Waals surface area (Å²) >= 11 is 1.68. The lowest BCUT2D eigenvalue weighted by molar-refractivity contribution is -0.114. The Morgan fingerprint density at radius 2 is 2.10 bits per heavy atom. The number of thioether (sulfide) groups is 1. The number of amides is 1. The van der Waals surface area contributed by atoms with Gasteiger partial charge >= 0.3 is 0 Å². The maximum absolute atomic E-state index is 11.0. The van der Waals surface area contributed by atoms with Gasteiger partial charge in [-0.15, -0.1) is 16.9 Å². The first-order valence-corrected chi connectivity index (χ1v) is 7.93. The average molecular weight is 305 g/mol. The summed E-state index contributed by atoms with van der Waals surface area (Å²) in [6.07, 6.45) is 2.20. The van der Waals surface area contributed by atoms with E-state index >= 15 is 0 Å². The second-order valence-corrected chi connectivity index (χ2v) is 5.71. The highest BCUT2D eigenvalue weighted by molar-refractivity contribution is 7.98. The van der Waals surface area contributed by atoms with Crippen LogP contribution < -0.4 is 5.32 Å². The van der Waals surface area contributed by atoms with E-state index in [-0.39, 0.29) is 5.91 Å². The molecular weight excluding hydrogens is 286 g/mol. The van der Waals surface area contributed by atoms with Crippen molar-refractivity contribution in [2.75, 3.05) is 5.32 Å². The molecule has 1 aromatic carbocycles. The van der Waals surface area contributed by atoms with Crippen molar-refractivity contribution in [3.63, 3.8) is 0 Å². The Morgan fingerprint density at radius 3 is 2.76 bits per heavy atom. The Kier molecular flexibility index (Phi) is 5.74. The van der Waals surface area contributed by atoms with Crippen LogP contribution in [0.5, 0.6) is 0 Å². The number of carbonyl (C=O) groups is 1. The summed E-state index contributed by atoms with van der Waals surface area (Å²) in [7, 11) is 0. The molecule has 0 bridgehead atoms. The quantitative estimate of drug-likeness (QED) is 0.796. The minimum atomic E-state index is -0.0643. The molecule has 1 heterocycles. The Balaban J connectivity index is 1.90. The molecule has 21 heavy (non-hydrogen) atoms. The standard InChI is InChI=1S/C14H19N5OS/c1-3-4-9-19-14(16-17-18-19)10-21-13-7-5-12(6-8-13)15-11(2)20/h5-8H,3-4,9-10H2,1-2H3,(H,15,20). The van der Waals surface area contributed by atoms with Crippen molar-refractivity contribution < 1.29 is 4.79 Å². The number of hydrogen-bond donors (Lipinski definition) is 1. The predicted octanol–water partition coefficient (Wildman–Crippen LogP) is 2.72. The van der Waals surface area contributed by atoms with E-state index in [0.717, 1.165) is 41.5 Å². The number of nitrogens with zero attached hydrogens (tertiary/aromatic N) is 4. The molecule has 0 fully saturated rings. The maximum Gasteiger partial charge on any atom is 0.221 e. The summed E-state index contributed by atoms with van der Waals surface area (Å²) < 4.78 is 1.86. The van der Waals surface area contributed by atoms with E-state index < -0.39 is 0 Å². The van der Waals surface area contributed by atoms with Crippen molar-refractivity contribution in [2.24, 2.45) is 0 Å². The molecule has 2 rings (SSSR count). The molecule has 0 spiro atoms. The summed E-state index contributed by atoms with van der Waals surface area (Å²) in [6, 6.07) is 7.75. The molecule has 0 unspecified atom stereocenters. The number of unbranched alkanes of at least 4 members (excludes halogenated alkanes) is 1. The number of benzene rings is 1. The summed E-state index contributed by atoms with van der Waals surface area (Å²) in [5.74, 6) is 1.56. The van der Waals surface area contributed by atoms with Crippen LogP contribution in [0.2, 0.25) is 0 Å². The molecule has 0 radical (unpaired) electrons. The minimum Gasteiger partial charge on any atom is -0.326 e. The van der Waals surface area contributed by atoms with Gasteiger partial charge in [-0.05, 0) is 41.1 Å². The molecule has 0 atom stereocenters. The zero-order valence-electron chi connectivity index (χ0n) is 12.2. The van der Waals surface area contributed by atoms with Gasteiger partial charge in [0.15, 0.2) is 5.82 Å². The minimum absolute atomic E-state index is 0.0643. The number of nitrogens with one attached hydrogen (secondary N) is 1. The van der Waals surface area contributed by atoms with Crippen molar-refractivity contribution in [1.82, 2.24) is 20.2 Å². The average Bonchev–Trinajstić information content (AvgIpc) is 2.91. The highest BCUT2D eigenvalue weighted by Crippen LogP contribution is 2.23. The first-order valence-electron chi connectivity index (χ1n) is 6.94. The lowest BCUT2D eigenvalue weighted by Crippen LogP contribution is -2.05. The summed E-state index contributed by atoms with van der Waals surface area (Å²) in [4.78, 5) is 12.1. The molecule has 2 aromatic rings. The molecular formula is C14H19N5OS. The molecule has 112 valence electrons. The third kappa shape index (κ3) is 4.86. The van der Waals surface area contributed by atoms with Gasteiger partial charge in [0.2, 0.25) is 5.91 Å². The van der Waals surface area contributed by atoms with Crippen molar-refractivity contribution in [3.8, 4) is 0 Å². The Morgan fingerprint density at radius 1 is 1.33 bits per heavy atom. The SMILES string of the molecule is CCCCn1nnnc1CSc1ccc(NC(C)=O)cc1. The molecule has 1 N–H and O–H groups in total. The first kappa shape index (κ1) is 15.5. The Hall–Kier alpha value is -1.89. The smallest absolute Gasteiger partial charge is 0.221 e. The second-order valence-electron chi connectivity index (χ2n) is 4.67. The van der Waals surface area contributed by atoms with Crippen LogP contribution in [-0.2, 0) is 17.1 Å². The lowest BCUT2D eigenvalue weighted by atomic mass is 10.3. The van der Waals surface area contributed by atoms with Crippen LogP contribution in [0.3, 0.4) is 0 Å². The second kappa shape index (κ2) is 7.78. The van der Waals surface area contributed by atoms with Gasteiger partial charge in [-0.3, -0.25) is 4.79 Å². The number of anilines is 1. The van der Waals surface area contributed by atoms with Gasteiger partial charge in [0.05, 0.1) is 5.75 Å². The van der Waals surface area contributed by atoms with Crippen LogP contribution in [0, 0.1) is 0 Å². The molecule has 6 nitrogen and oxygen atoms in total. The van der Waals surface area contributed by atoms with Gasteiger partial charge in [0, 0.05) is 24.1 Å². The lowest BCUT2D eigenvalue weighted by Gasteiger charge is -2.05. The van der Waals surface area contributed by atoms with Gasteiger partial charge in [-0.1, -0.05) is 13.3 Å². The van der Waals surface area contributed by atoms with Gasteiger partial charge < -0.3 is 5.32 Å². The molecule has 0 saturated carbocycles. The monoisotopic (exact) mass is 305 g/mol. The molecule has 0 saturated heterocycles. The van der Waals surface area contributed by atoms with Gasteiger partial charge in [0.25, 0.3) is 0 Å². The molecule has 0 aliphatic rings. The van der Waals surface area contributed by atoms with Crippen molar-refractivity contribution in [3.05, 3.63) is 30.1 Å². The highest BCUT2D eigenvalue weighted by Gasteiger charge is 2.06. The third-order valence-corrected chi connectivity index (χ3v) is 3.88. The fourth-order valence-corrected chi connectivity index (χ4v) is 2.62. The van der Waals surface area contributed by atoms with E-state index in [2.05, 4.69) is 27.8 Å². The highest BCUT2D eigenvalue weighted by atomic mass is 32.2. The van der Waals surface area contributed by atoms with E-state index in [4.69, 9.17) is 0 Å². The van der Waals surface area contributed by atoms with Crippen molar-refractivity contribution in [1.29, 1.82) is 0 Å². The van der Waals surface area contributed by atoms with Crippen molar-refractivity contribution >= 4 is 23.4 Å². The summed E-state index contributed by atoms with van der Waals surface area (Å²) in [5.41, 5.74) is 0.805. The topological polar surface area (TPSA) is 72.7 Å². The van der Waals surface area contributed by atoms with E-state index in [1.54, 1.807) is 11.8 Å². The normalized spacial score (nSPS) is 10.6. The van der Waals surface area contributed by atoms with Crippen LogP contribution in [0.15, 0.2) is 29.2 Å². The number of tetrazole rings is 1. The number of hydrogen-bond acceptors (Lipinski definition) is 5. The van der Waals surface area contributed by atoms with Crippen LogP contribution in [0.1, 0.15) is 32.5 Å². The Bertz CT molecular complexity index is 581. The maximum atomic E-state index is 11.0. The molecule has 1 amide bonds. The summed E-state index contributed by atoms with van der Waals surface area (Å²) in [5, 5.41) is 14.6. The molecule has 0 aliphatic heterocycles. The number of rotatable bonds is 7. The van der Waals surface area contributed by atoms with Crippen LogP contribution in [-0.4, -0.2) is 26.1 Å². The van der Waals surface area contributed by atoms with Crippen LogP contribution in [0.25, 0.3) is 0 Å². The fraction of sp³-hybridized carbons (Fsp3) is 0.429. The number of carbonyl (C=O) groups excluding carboxylic acids is 1. The van der Waals surface area contributed by atoms with Crippen LogP contribution >= 0.6 is 11.8 Å². The number of aromatic nitrogens is 4. The van der Waals surface area contributed by atoms with E-state index in [1.807, 2.05) is 28.9 Å². The largest absolute Gasteiger partial charge is 0.326 e. The predicted molar refractivity (Wildman–Crippen MR) is 83.0 cm³/mol. The first-order chi connectivity index (χ1) is 10.2. The zero-order chi connectivity index (χ0) is 15.1. The van der Waals surface area contributed by atoms with Gasteiger partial charge in [-0.25, -0.2) is 4.68 Å². The van der Waals surface area contributed by atoms with Crippen LogP contribution in [0.4, 0.5) is 5.69 Å². The zero-order valence-corrected chi connectivity index (χ0v) is 13.1. The van der Waals surface area contributed by atoms with Gasteiger partial charge in [-0.2, -0.15) is 0 Å². The summed E-state index contributed by atoms with van der Waals surface area (Å²) in [6.45, 7) is 4.51. The third-order valence-electron chi connectivity index (χ3n) is 2.87. The fourth-order valence-electron chi connectivity index (χ4n) is 1.79. The Labute approximate surface area is 128 Å². The molecule has 7 heteroatoms. The van der Waals surface area contributed by atoms with Gasteiger partial charge in [0.1, 0.15) is 0 Å². The molecule has 1 aromatic heterocycles. The molecule has 0 aliphatic carbocycles. The van der Waals surface area contributed by atoms with E-state index in [9.17, 15) is 4.79 Å². The van der Waals surface area contributed by atoms with E-state index in [0.29, 0.717) is 0 Å². The van der Waals surface area contributed by atoms with E-state index in [1.165, 1.54) is 6.92 Å².